The number of aliphatic carboxylic acids is 1. The van der Waals surface area contributed by atoms with Crippen molar-refractivity contribution in [2.24, 2.45) is 0 Å². The molecule has 0 atom stereocenters. The summed E-state index contributed by atoms with van der Waals surface area (Å²) in [5.41, 5.74) is 0.605. The Kier molecular flexibility index (Phi) is 5.06. The second-order valence-electron chi connectivity index (χ2n) is 5.86. The van der Waals surface area contributed by atoms with E-state index in [2.05, 4.69) is 4.98 Å². The molecule has 7 nitrogen and oxygen atoms in total. The van der Waals surface area contributed by atoms with Crippen LogP contribution in [0.2, 0.25) is 5.02 Å². The highest BCUT2D eigenvalue weighted by molar-refractivity contribution is 7.89. The van der Waals surface area contributed by atoms with E-state index >= 15 is 0 Å². The van der Waals surface area contributed by atoms with Crippen LogP contribution in [0.4, 0.5) is 8.78 Å². The fraction of sp³-hybridized carbons (Fsp3) is 0.250. The first-order valence-corrected chi connectivity index (χ1v) is 9.38. The van der Waals surface area contributed by atoms with Crippen molar-refractivity contribution >= 4 is 27.6 Å². The van der Waals surface area contributed by atoms with Crippen molar-refractivity contribution < 1.29 is 31.8 Å². The van der Waals surface area contributed by atoms with Crippen molar-refractivity contribution in [3.63, 3.8) is 0 Å². The van der Waals surface area contributed by atoms with Crippen molar-refractivity contribution in [3.8, 4) is 16.9 Å². The van der Waals surface area contributed by atoms with E-state index in [1.54, 1.807) is 0 Å². The maximum Gasteiger partial charge on any atom is 0.341 e. The number of carboxylic acids is 1. The van der Waals surface area contributed by atoms with Crippen molar-refractivity contribution in [1.82, 2.24) is 9.29 Å². The van der Waals surface area contributed by atoms with Gasteiger partial charge in [-0.05, 0) is 24.3 Å². The van der Waals surface area contributed by atoms with Crippen LogP contribution in [0.3, 0.4) is 0 Å². The minimum atomic E-state index is -4.13. The maximum absolute atomic E-state index is 13.0. The van der Waals surface area contributed by atoms with Gasteiger partial charge in [-0.2, -0.15) is 4.31 Å². The van der Waals surface area contributed by atoms with E-state index in [1.807, 2.05) is 0 Å². The summed E-state index contributed by atoms with van der Waals surface area (Å²) in [5, 5.41) is 9.08. The number of hydrogen-bond acceptors (Lipinski definition) is 5. The fourth-order valence-corrected chi connectivity index (χ4v) is 4.15. The van der Waals surface area contributed by atoms with Crippen LogP contribution in [-0.4, -0.2) is 54.4 Å². The van der Waals surface area contributed by atoms with Gasteiger partial charge in [0.15, 0.2) is 6.61 Å². The standard InChI is InChI=1S/C16H13ClF2N2O5S/c17-11-1-2-14(26-7-15(22)23)13(4-11)10-3-12(6-20-5-10)27(24,25)21-8-16(18,19)9-21/h1-6H,7-9H2,(H,22,23). The molecule has 2 aromatic rings. The molecule has 1 aliphatic heterocycles. The molecular formula is C16H13ClF2N2O5S. The summed E-state index contributed by atoms with van der Waals surface area (Å²) >= 11 is 5.97. The Hall–Kier alpha value is -2.30. The molecule has 1 aromatic heterocycles. The third-order valence-corrected chi connectivity index (χ3v) is 5.76. The smallest absolute Gasteiger partial charge is 0.341 e. The molecule has 0 radical (unpaired) electrons. The lowest BCUT2D eigenvalue weighted by Gasteiger charge is -2.37. The highest BCUT2D eigenvalue weighted by Crippen LogP contribution is 2.35. The normalized spacial score (nSPS) is 16.6. The molecule has 1 saturated heterocycles. The number of alkyl halides is 2. The largest absolute Gasteiger partial charge is 0.481 e. The molecule has 0 spiro atoms. The summed E-state index contributed by atoms with van der Waals surface area (Å²) in [4.78, 5) is 14.3. The molecule has 27 heavy (non-hydrogen) atoms. The minimum absolute atomic E-state index is 0.161. The van der Waals surface area contributed by atoms with E-state index in [9.17, 15) is 22.0 Å². The molecule has 1 N–H and O–H groups in total. The van der Waals surface area contributed by atoms with Crippen LogP contribution >= 0.6 is 11.6 Å². The Balaban J connectivity index is 1.97. The molecular weight excluding hydrogens is 406 g/mol. The van der Waals surface area contributed by atoms with Crippen LogP contribution in [-0.2, 0) is 14.8 Å². The average Bonchev–Trinajstić information content (AvgIpc) is 2.58. The van der Waals surface area contributed by atoms with Crippen LogP contribution in [0.1, 0.15) is 0 Å². The monoisotopic (exact) mass is 418 g/mol. The molecule has 0 amide bonds. The van der Waals surface area contributed by atoms with Gasteiger partial charge in [0.2, 0.25) is 10.0 Å². The number of nitrogens with zero attached hydrogens (tertiary/aromatic N) is 2. The van der Waals surface area contributed by atoms with E-state index in [1.165, 1.54) is 30.5 Å². The number of hydrogen-bond donors (Lipinski definition) is 1. The Bertz CT molecular complexity index is 992. The molecule has 11 heteroatoms. The number of halogens is 3. The van der Waals surface area contributed by atoms with Crippen molar-refractivity contribution in [1.29, 1.82) is 0 Å². The van der Waals surface area contributed by atoms with Gasteiger partial charge in [0.25, 0.3) is 5.92 Å². The first kappa shape index (κ1) is 19.5. The lowest BCUT2D eigenvalue weighted by molar-refractivity contribution is -0.139. The van der Waals surface area contributed by atoms with Crippen LogP contribution < -0.4 is 4.74 Å². The summed E-state index contributed by atoms with van der Waals surface area (Å²) in [6.45, 7) is -2.38. The number of aromatic nitrogens is 1. The molecule has 1 aliphatic rings. The lowest BCUT2D eigenvalue weighted by atomic mass is 10.1. The highest BCUT2D eigenvalue weighted by Gasteiger charge is 2.49. The molecule has 0 unspecified atom stereocenters. The quantitative estimate of drug-likeness (QED) is 0.774. The fourth-order valence-electron chi connectivity index (χ4n) is 2.49. The topological polar surface area (TPSA) is 96.8 Å². The summed E-state index contributed by atoms with van der Waals surface area (Å²) < 4.78 is 56.8. The van der Waals surface area contributed by atoms with Gasteiger partial charge < -0.3 is 9.84 Å². The minimum Gasteiger partial charge on any atom is -0.481 e. The van der Waals surface area contributed by atoms with Crippen LogP contribution in [0.5, 0.6) is 5.75 Å². The van der Waals surface area contributed by atoms with Gasteiger partial charge >= 0.3 is 5.97 Å². The van der Waals surface area contributed by atoms with Gasteiger partial charge in [0.1, 0.15) is 10.6 Å². The van der Waals surface area contributed by atoms with Gasteiger partial charge in [-0.25, -0.2) is 22.0 Å². The zero-order valence-corrected chi connectivity index (χ0v) is 15.2. The van der Waals surface area contributed by atoms with Crippen LogP contribution in [0, 0.1) is 0 Å². The summed E-state index contributed by atoms with van der Waals surface area (Å²) in [6.07, 6.45) is 2.39. The van der Waals surface area contributed by atoms with Gasteiger partial charge in [0.05, 0.1) is 13.1 Å². The number of sulfonamides is 1. The van der Waals surface area contributed by atoms with Crippen LogP contribution in [0.25, 0.3) is 11.1 Å². The van der Waals surface area contributed by atoms with Gasteiger partial charge in [-0.1, -0.05) is 11.6 Å². The van der Waals surface area contributed by atoms with Gasteiger partial charge in [-0.3, -0.25) is 4.98 Å². The molecule has 144 valence electrons. The molecule has 0 aliphatic carbocycles. The maximum atomic E-state index is 13.0. The first-order valence-electron chi connectivity index (χ1n) is 7.56. The summed E-state index contributed by atoms with van der Waals surface area (Å²) in [5.74, 6) is -4.07. The summed E-state index contributed by atoms with van der Waals surface area (Å²) in [7, 11) is -4.13. The number of ether oxygens (including phenoxy) is 1. The lowest BCUT2D eigenvalue weighted by Crippen LogP contribution is -2.58. The van der Waals surface area contributed by atoms with E-state index in [-0.39, 0.29) is 16.2 Å². The van der Waals surface area contributed by atoms with E-state index in [0.29, 0.717) is 14.9 Å². The highest BCUT2D eigenvalue weighted by atomic mass is 35.5. The number of pyridine rings is 1. The second-order valence-corrected chi connectivity index (χ2v) is 8.24. The molecule has 0 bridgehead atoms. The predicted molar refractivity (Wildman–Crippen MR) is 91.5 cm³/mol. The second kappa shape index (κ2) is 7.02. The first-order chi connectivity index (χ1) is 12.6. The summed E-state index contributed by atoms with van der Waals surface area (Å²) in [6, 6.07) is 5.64. The Morgan fingerprint density at radius 2 is 2.00 bits per heavy atom. The number of rotatable bonds is 6. The van der Waals surface area contributed by atoms with E-state index < -0.39 is 41.6 Å². The van der Waals surface area contributed by atoms with Gasteiger partial charge in [0, 0.05) is 28.5 Å². The number of benzene rings is 1. The molecule has 2 heterocycles. The van der Waals surface area contributed by atoms with Crippen molar-refractivity contribution in [2.45, 2.75) is 10.8 Å². The van der Waals surface area contributed by atoms with E-state index in [4.69, 9.17) is 21.4 Å². The number of carbonyl (C=O) groups is 1. The Morgan fingerprint density at radius 1 is 1.30 bits per heavy atom. The van der Waals surface area contributed by atoms with Gasteiger partial charge in [-0.15, -0.1) is 0 Å². The molecule has 1 fully saturated rings. The molecule has 3 rings (SSSR count). The zero-order chi connectivity index (χ0) is 19.8. The zero-order valence-electron chi connectivity index (χ0n) is 13.6. The van der Waals surface area contributed by atoms with Crippen molar-refractivity contribution in [2.75, 3.05) is 19.7 Å². The predicted octanol–water partition coefficient (Wildman–Crippen LogP) is 2.51. The van der Waals surface area contributed by atoms with Crippen LogP contribution in [0.15, 0.2) is 41.6 Å². The van der Waals surface area contributed by atoms with Crippen molar-refractivity contribution in [3.05, 3.63) is 41.7 Å². The molecule has 1 aromatic carbocycles. The Labute approximate surface area is 158 Å². The van der Waals surface area contributed by atoms with E-state index in [0.717, 1.165) is 6.20 Å². The molecule has 0 saturated carbocycles. The third-order valence-electron chi connectivity index (χ3n) is 3.77. The SMILES string of the molecule is O=C(O)COc1ccc(Cl)cc1-c1cncc(S(=O)(=O)N2CC(F)(F)C2)c1. The Morgan fingerprint density at radius 3 is 2.63 bits per heavy atom. The average molecular weight is 419 g/mol. The third kappa shape index (κ3) is 4.18. The number of carboxylic acid groups (broad SMARTS) is 1.